The lowest BCUT2D eigenvalue weighted by Gasteiger charge is -2.23. The molecular weight excluding hydrogens is 624 g/mol. The van der Waals surface area contributed by atoms with E-state index in [-0.39, 0.29) is 27.4 Å². The molecule has 0 bridgehead atoms. The average Bonchev–Trinajstić information content (AvgIpc) is 3.71. The number of nitrogens with zero attached hydrogens (tertiary/aromatic N) is 2. The summed E-state index contributed by atoms with van der Waals surface area (Å²) in [5.74, 6) is -2.24. The van der Waals surface area contributed by atoms with E-state index in [1.807, 2.05) is 37.3 Å². The number of aromatic nitrogens is 1. The lowest BCUT2D eigenvalue weighted by atomic mass is 9.94. The van der Waals surface area contributed by atoms with Gasteiger partial charge in [0.1, 0.15) is 34.8 Å². The molecule has 12 heteroatoms. The number of ether oxygens (including phenoxy) is 3. The van der Waals surface area contributed by atoms with Crippen LogP contribution in [0.15, 0.2) is 78.4 Å². The van der Waals surface area contributed by atoms with Gasteiger partial charge in [0.05, 0.1) is 24.4 Å². The number of benzene rings is 3. The number of carbonyl (C=O) groups is 4. The molecule has 2 atom stereocenters. The van der Waals surface area contributed by atoms with Crippen molar-refractivity contribution in [2.75, 3.05) is 12.0 Å². The number of rotatable bonds is 7. The third kappa shape index (κ3) is 7.02. The minimum absolute atomic E-state index is 0.00579. The van der Waals surface area contributed by atoms with Crippen molar-refractivity contribution in [1.29, 1.82) is 0 Å². The fraction of sp³-hybridized carbons (Fsp3) is 0.229. The van der Waals surface area contributed by atoms with Crippen LogP contribution < -0.4 is 14.4 Å². The number of carboxylic acids is 1. The largest absolute Gasteiger partial charge is 0.507 e. The highest BCUT2D eigenvalue weighted by atomic mass is 32.1. The molecule has 2 N–H and O–H groups in total. The van der Waals surface area contributed by atoms with E-state index in [9.17, 15) is 19.5 Å². The molecule has 1 saturated heterocycles. The molecule has 1 fully saturated rings. The molecule has 242 valence electrons. The van der Waals surface area contributed by atoms with Crippen LogP contribution in [0.5, 0.6) is 11.5 Å². The first-order chi connectivity index (χ1) is 22.5. The minimum atomic E-state index is -1.04. The van der Waals surface area contributed by atoms with Gasteiger partial charge in [-0.1, -0.05) is 53.8 Å². The zero-order valence-corrected chi connectivity index (χ0v) is 26.9. The van der Waals surface area contributed by atoms with E-state index in [1.165, 1.54) is 12.0 Å². The van der Waals surface area contributed by atoms with Crippen molar-refractivity contribution in [3.05, 3.63) is 111 Å². The molecule has 1 amide bonds. The molecule has 2 aliphatic rings. The minimum Gasteiger partial charge on any atom is -0.507 e. The highest BCUT2D eigenvalue weighted by molar-refractivity contribution is 7.17. The van der Waals surface area contributed by atoms with Gasteiger partial charge >= 0.3 is 11.9 Å². The molecule has 4 aromatic rings. The van der Waals surface area contributed by atoms with Gasteiger partial charge < -0.3 is 24.4 Å². The Morgan fingerprint density at radius 1 is 1.04 bits per heavy atom. The van der Waals surface area contributed by atoms with Crippen LogP contribution in [0.25, 0.3) is 5.76 Å². The number of ketones is 1. The number of fused-ring (bicyclic) bond motifs is 1. The Morgan fingerprint density at radius 2 is 1.77 bits per heavy atom. The lowest BCUT2D eigenvalue weighted by molar-refractivity contribution is -0.134. The van der Waals surface area contributed by atoms with E-state index in [4.69, 9.17) is 24.1 Å². The van der Waals surface area contributed by atoms with E-state index in [1.54, 1.807) is 49.4 Å². The van der Waals surface area contributed by atoms with Gasteiger partial charge in [-0.2, -0.15) is 0 Å². The van der Waals surface area contributed by atoms with E-state index >= 15 is 0 Å². The summed E-state index contributed by atoms with van der Waals surface area (Å²) in [5.41, 5.74) is 3.06. The van der Waals surface area contributed by atoms with Crippen molar-refractivity contribution in [2.45, 2.75) is 45.9 Å². The van der Waals surface area contributed by atoms with Gasteiger partial charge in [-0.25, -0.2) is 9.78 Å². The van der Waals surface area contributed by atoms with E-state index in [0.29, 0.717) is 35.6 Å². The first-order valence-electron chi connectivity index (χ1n) is 14.6. The number of aliphatic hydroxyl groups is 1. The number of aliphatic hydroxyl groups excluding tert-OH is 1. The number of Topliss-reactive ketones (excluding diaryl/α,β-unsaturated/α-hetero) is 1. The topological polar surface area (TPSA) is 153 Å². The van der Waals surface area contributed by atoms with Gasteiger partial charge in [0.2, 0.25) is 0 Å². The molecule has 0 saturated carbocycles. The maximum atomic E-state index is 13.7. The van der Waals surface area contributed by atoms with Crippen LogP contribution in [0.4, 0.5) is 5.13 Å². The molecule has 0 spiro atoms. The molecule has 0 radical (unpaired) electrons. The summed E-state index contributed by atoms with van der Waals surface area (Å²) in [6, 6.07) is 20.9. The third-order valence-electron chi connectivity index (χ3n) is 7.40. The van der Waals surface area contributed by atoms with Gasteiger partial charge in [0, 0.05) is 18.9 Å². The summed E-state index contributed by atoms with van der Waals surface area (Å²) in [5, 5.41) is 19.2. The zero-order chi connectivity index (χ0) is 33.8. The Kier molecular flexibility index (Phi) is 9.71. The fourth-order valence-electron chi connectivity index (χ4n) is 5.35. The molecule has 3 heterocycles. The number of carbonyl (C=O) groups excluding carboxylic acids is 3. The van der Waals surface area contributed by atoms with Crippen molar-refractivity contribution in [3.8, 4) is 11.5 Å². The standard InChI is InChI=1S/C33H28N2O7S.C2H4O2/c1-18-14-23-15-22(12-13-25(23)42-18)28(36)26-27(21-10-7-11-24(16-21)41-17-20-8-5-4-6-9-20)35(31(38)29(26)37)33-34-19(2)30(43-33)32(39)40-3;1-2(3)4/h4-13,15-16,18,27,36H,14,17H2,1-3H3;1H3,(H,3,4)/b28-26+;. The van der Waals surface area contributed by atoms with Crippen molar-refractivity contribution >= 4 is 45.9 Å². The number of aliphatic carboxylic acids is 1. The normalized spacial score (nSPS) is 17.7. The number of methoxy groups -OCH3 is 1. The Hall–Kier alpha value is -5.49. The highest BCUT2D eigenvalue weighted by Gasteiger charge is 2.48. The summed E-state index contributed by atoms with van der Waals surface area (Å²) in [7, 11) is 1.26. The predicted molar refractivity (Wildman–Crippen MR) is 174 cm³/mol. The first kappa shape index (κ1) is 32.9. The van der Waals surface area contributed by atoms with E-state index in [0.717, 1.165) is 35.1 Å². The molecule has 3 aromatic carbocycles. The Balaban J connectivity index is 0.00000103. The molecular formula is C35H32N2O9S. The van der Waals surface area contributed by atoms with Crippen LogP contribution >= 0.6 is 11.3 Å². The summed E-state index contributed by atoms with van der Waals surface area (Å²) in [4.78, 5) is 54.6. The monoisotopic (exact) mass is 656 g/mol. The number of esters is 1. The maximum Gasteiger partial charge on any atom is 0.350 e. The molecule has 2 aliphatic heterocycles. The van der Waals surface area contributed by atoms with Crippen LogP contribution in [0.2, 0.25) is 0 Å². The molecule has 2 unspecified atom stereocenters. The van der Waals surface area contributed by atoms with E-state index in [2.05, 4.69) is 4.98 Å². The second kappa shape index (κ2) is 13.9. The number of amides is 1. The lowest BCUT2D eigenvalue weighted by Crippen LogP contribution is -2.29. The first-order valence-corrected chi connectivity index (χ1v) is 15.4. The van der Waals surface area contributed by atoms with Crippen LogP contribution in [0, 0.1) is 6.92 Å². The van der Waals surface area contributed by atoms with Crippen molar-refractivity contribution in [3.63, 3.8) is 0 Å². The second-order valence-electron chi connectivity index (χ2n) is 10.9. The van der Waals surface area contributed by atoms with Gasteiger partial charge in [-0.3, -0.25) is 19.3 Å². The molecule has 11 nitrogen and oxygen atoms in total. The molecule has 0 aliphatic carbocycles. The zero-order valence-electron chi connectivity index (χ0n) is 26.1. The predicted octanol–water partition coefficient (Wildman–Crippen LogP) is 5.86. The van der Waals surface area contributed by atoms with Crippen LogP contribution in [-0.2, 0) is 32.1 Å². The van der Waals surface area contributed by atoms with Gasteiger partial charge in [-0.05, 0) is 60.9 Å². The third-order valence-corrected chi connectivity index (χ3v) is 8.53. The van der Waals surface area contributed by atoms with Crippen molar-refractivity contribution < 1.29 is 43.6 Å². The summed E-state index contributed by atoms with van der Waals surface area (Å²) < 4.78 is 16.7. The Morgan fingerprint density at radius 3 is 2.47 bits per heavy atom. The summed E-state index contributed by atoms with van der Waals surface area (Å²) in [6.45, 7) is 4.98. The number of anilines is 1. The van der Waals surface area contributed by atoms with Gasteiger partial charge in [0.15, 0.2) is 5.13 Å². The molecule has 47 heavy (non-hydrogen) atoms. The van der Waals surface area contributed by atoms with Gasteiger partial charge in [0.25, 0.3) is 11.8 Å². The molecule has 6 rings (SSSR count). The van der Waals surface area contributed by atoms with E-state index < -0.39 is 29.7 Å². The maximum absolute atomic E-state index is 13.7. The SMILES string of the molecule is CC(=O)O.COC(=O)c1sc(N2C(=O)C(=O)/C(=C(/O)c3ccc4c(c3)CC(C)O4)C2c2cccc(OCc3ccccc3)c2)nc1C. The van der Waals surface area contributed by atoms with Crippen LogP contribution in [-0.4, -0.2) is 52.0 Å². The van der Waals surface area contributed by atoms with Crippen LogP contribution in [0.1, 0.15) is 57.5 Å². The number of thiazole rings is 1. The van der Waals surface area contributed by atoms with Crippen LogP contribution in [0.3, 0.4) is 0 Å². The van der Waals surface area contributed by atoms with Crippen molar-refractivity contribution in [1.82, 2.24) is 4.98 Å². The molecule has 1 aromatic heterocycles. The number of aryl methyl sites for hydroxylation is 1. The number of hydrogen-bond acceptors (Lipinski definition) is 10. The number of carboxylic acid groups (broad SMARTS) is 1. The van der Waals surface area contributed by atoms with Crippen molar-refractivity contribution in [2.24, 2.45) is 0 Å². The Bertz CT molecular complexity index is 1880. The van der Waals surface area contributed by atoms with Gasteiger partial charge in [-0.15, -0.1) is 0 Å². The summed E-state index contributed by atoms with van der Waals surface area (Å²) in [6.07, 6.45) is 0.651. The smallest absolute Gasteiger partial charge is 0.350 e. The number of hydrogen-bond donors (Lipinski definition) is 2. The Labute approximate surface area is 274 Å². The quantitative estimate of drug-likeness (QED) is 0.107. The average molecular weight is 657 g/mol. The second-order valence-corrected chi connectivity index (χ2v) is 11.9. The fourth-order valence-corrected chi connectivity index (χ4v) is 6.36. The highest BCUT2D eigenvalue weighted by Crippen LogP contribution is 2.45. The summed E-state index contributed by atoms with van der Waals surface area (Å²) >= 11 is 0.947.